The Morgan fingerprint density at radius 1 is 1.19 bits per heavy atom. The minimum atomic E-state index is 0. The van der Waals surface area contributed by atoms with Crippen LogP contribution in [-0.4, -0.2) is 22.0 Å². The summed E-state index contributed by atoms with van der Waals surface area (Å²) in [5.74, 6) is 2.49. The van der Waals surface area contributed by atoms with E-state index in [1.807, 2.05) is 30.3 Å². The summed E-state index contributed by atoms with van der Waals surface area (Å²) in [7, 11) is 0. The van der Waals surface area contributed by atoms with Gasteiger partial charge in [0.05, 0.1) is 6.54 Å². The zero-order valence-corrected chi connectivity index (χ0v) is 17.3. The number of ether oxygens (including phenoxy) is 1. The van der Waals surface area contributed by atoms with E-state index >= 15 is 0 Å². The van der Waals surface area contributed by atoms with Crippen LogP contribution in [0.15, 0.2) is 47.7 Å². The predicted octanol–water partition coefficient (Wildman–Crippen LogP) is 3.98. The van der Waals surface area contributed by atoms with E-state index in [9.17, 15) is 0 Å². The second-order valence-corrected chi connectivity index (χ2v) is 6.54. The number of nitrogens with one attached hydrogen (secondary N) is 1. The normalized spacial score (nSPS) is 20.1. The van der Waals surface area contributed by atoms with Crippen LogP contribution in [0.3, 0.4) is 0 Å². The van der Waals surface area contributed by atoms with Crippen LogP contribution < -0.4 is 15.8 Å². The van der Waals surface area contributed by atoms with Crippen molar-refractivity contribution in [3.8, 4) is 5.88 Å². The van der Waals surface area contributed by atoms with Gasteiger partial charge in [0.25, 0.3) is 0 Å². The number of aliphatic imine (C=N–C) groups is 1. The Labute approximate surface area is 171 Å². The van der Waals surface area contributed by atoms with Crippen molar-refractivity contribution in [1.29, 1.82) is 0 Å². The molecule has 0 bridgehead atoms. The Morgan fingerprint density at radius 2 is 2.00 bits per heavy atom. The quantitative estimate of drug-likeness (QED) is 0.395. The third kappa shape index (κ3) is 6.44. The first-order valence-electron chi connectivity index (χ1n) is 8.78. The van der Waals surface area contributed by atoms with Crippen molar-refractivity contribution >= 4 is 35.8 Å². The molecular formula is C19H26IN5O. The van der Waals surface area contributed by atoms with Gasteiger partial charge < -0.3 is 15.8 Å². The minimum absolute atomic E-state index is 0. The van der Waals surface area contributed by atoms with Crippen molar-refractivity contribution in [2.75, 3.05) is 5.32 Å². The van der Waals surface area contributed by atoms with Crippen molar-refractivity contribution in [2.45, 2.75) is 45.3 Å². The third-order valence-corrected chi connectivity index (χ3v) is 4.40. The summed E-state index contributed by atoms with van der Waals surface area (Å²) < 4.78 is 6.03. The summed E-state index contributed by atoms with van der Waals surface area (Å²) >= 11 is 0. The van der Waals surface area contributed by atoms with Crippen molar-refractivity contribution in [3.63, 3.8) is 0 Å². The van der Waals surface area contributed by atoms with Crippen LogP contribution >= 0.6 is 24.0 Å². The molecular weight excluding hydrogens is 441 g/mol. The summed E-state index contributed by atoms with van der Waals surface area (Å²) in [6, 6.07) is 9.44. The number of aromatic nitrogens is 2. The first kappa shape index (κ1) is 20.4. The Kier molecular flexibility index (Phi) is 8.08. The summed E-state index contributed by atoms with van der Waals surface area (Å²) in [5, 5.41) is 2.97. The molecule has 0 saturated heterocycles. The number of hydrogen-bond donors (Lipinski definition) is 2. The number of hydrogen-bond acceptors (Lipinski definition) is 4. The predicted molar refractivity (Wildman–Crippen MR) is 115 cm³/mol. The lowest BCUT2D eigenvalue weighted by molar-refractivity contribution is 0.130. The monoisotopic (exact) mass is 467 g/mol. The second-order valence-electron chi connectivity index (χ2n) is 6.54. The topological polar surface area (TPSA) is 85.4 Å². The lowest BCUT2D eigenvalue weighted by Crippen LogP contribution is -2.23. The van der Waals surface area contributed by atoms with E-state index < -0.39 is 0 Å². The summed E-state index contributed by atoms with van der Waals surface area (Å²) in [4.78, 5) is 12.8. The number of rotatable bonds is 5. The number of guanidine groups is 1. The van der Waals surface area contributed by atoms with Gasteiger partial charge in [0.1, 0.15) is 11.9 Å². The molecule has 1 saturated carbocycles. The second kappa shape index (κ2) is 10.3. The number of halogens is 1. The van der Waals surface area contributed by atoms with E-state index in [0.29, 0.717) is 24.2 Å². The molecule has 6 nitrogen and oxygen atoms in total. The number of nitrogens with two attached hydrogens (primary N) is 1. The van der Waals surface area contributed by atoms with Crippen LogP contribution in [0.25, 0.3) is 0 Å². The molecule has 140 valence electrons. The Morgan fingerprint density at radius 3 is 2.73 bits per heavy atom. The Balaban J connectivity index is 0.00000243. The molecule has 2 aromatic heterocycles. The van der Waals surface area contributed by atoms with Gasteiger partial charge in [-0.25, -0.2) is 15.0 Å². The van der Waals surface area contributed by atoms with Gasteiger partial charge in [0.2, 0.25) is 5.88 Å². The molecule has 0 spiro atoms. The minimum Gasteiger partial charge on any atom is -0.474 e. The van der Waals surface area contributed by atoms with Gasteiger partial charge in [0.15, 0.2) is 5.96 Å². The molecule has 26 heavy (non-hydrogen) atoms. The van der Waals surface area contributed by atoms with Crippen LogP contribution in [0, 0.1) is 5.92 Å². The molecule has 1 fully saturated rings. The van der Waals surface area contributed by atoms with E-state index in [-0.39, 0.29) is 30.1 Å². The first-order valence-corrected chi connectivity index (χ1v) is 8.78. The molecule has 0 aromatic carbocycles. The summed E-state index contributed by atoms with van der Waals surface area (Å²) in [6.07, 6.45) is 8.40. The lowest BCUT2D eigenvalue weighted by Gasteiger charge is -2.26. The first-order chi connectivity index (χ1) is 12.2. The lowest BCUT2D eigenvalue weighted by atomic mass is 9.89. The average Bonchev–Trinajstić information content (AvgIpc) is 2.63. The molecule has 3 N–H and O–H groups in total. The molecule has 0 unspecified atom stereocenters. The highest BCUT2D eigenvalue weighted by Gasteiger charge is 2.19. The number of pyridine rings is 2. The zero-order chi connectivity index (χ0) is 17.5. The highest BCUT2D eigenvalue weighted by atomic mass is 127. The zero-order valence-electron chi connectivity index (χ0n) is 15.0. The van der Waals surface area contributed by atoms with E-state index in [1.165, 1.54) is 12.8 Å². The van der Waals surface area contributed by atoms with E-state index in [1.54, 1.807) is 12.4 Å². The molecule has 2 aromatic rings. The van der Waals surface area contributed by atoms with E-state index in [4.69, 9.17) is 10.5 Å². The Bertz CT molecular complexity index is 702. The van der Waals surface area contributed by atoms with Crippen LogP contribution in [0.2, 0.25) is 0 Å². The number of nitrogens with zero attached hydrogens (tertiary/aromatic N) is 3. The average molecular weight is 467 g/mol. The maximum absolute atomic E-state index is 6.03. The van der Waals surface area contributed by atoms with Crippen molar-refractivity contribution in [1.82, 2.24) is 9.97 Å². The standard InChI is InChI=1S/C19H25N5O.HI/c1-14-5-7-16(8-6-14)25-18-12-15(9-11-22-18)13-23-19(20)24-17-4-2-3-10-21-17;/h2-4,9-12,14,16H,5-8,13H2,1H3,(H3,20,21,23,24);1H. The fourth-order valence-corrected chi connectivity index (χ4v) is 2.92. The molecule has 7 heteroatoms. The van der Waals surface area contributed by atoms with Gasteiger partial charge in [-0.2, -0.15) is 0 Å². The van der Waals surface area contributed by atoms with Crippen LogP contribution in [0.4, 0.5) is 5.82 Å². The van der Waals surface area contributed by atoms with E-state index in [2.05, 4.69) is 27.2 Å². The van der Waals surface area contributed by atoms with Gasteiger partial charge in [-0.15, -0.1) is 24.0 Å². The number of anilines is 1. The molecule has 1 aliphatic rings. The van der Waals surface area contributed by atoms with Gasteiger partial charge in [-0.05, 0) is 55.4 Å². The fraction of sp³-hybridized carbons (Fsp3) is 0.421. The SMILES string of the molecule is CC1CCC(Oc2cc(CN=C(N)Nc3ccccn3)ccn2)CC1.I. The summed E-state index contributed by atoms with van der Waals surface area (Å²) in [5.41, 5.74) is 6.92. The van der Waals surface area contributed by atoms with Crippen LogP contribution in [0.1, 0.15) is 38.2 Å². The molecule has 1 aliphatic carbocycles. The summed E-state index contributed by atoms with van der Waals surface area (Å²) in [6.45, 7) is 2.77. The van der Waals surface area contributed by atoms with Crippen molar-refractivity contribution in [3.05, 3.63) is 48.3 Å². The maximum atomic E-state index is 6.03. The molecule has 0 aliphatic heterocycles. The van der Waals surface area contributed by atoms with Gasteiger partial charge in [-0.3, -0.25) is 0 Å². The third-order valence-electron chi connectivity index (χ3n) is 4.40. The van der Waals surface area contributed by atoms with Crippen LogP contribution in [-0.2, 0) is 6.54 Å². The molecule has 0 amide bonds. The van der Waals surface area contributed by atoms with Gasteiger partial charge in [0, 0.05) is 18.5 Å². The van der Waals surface area contributed by atoms with Crippen molar-refractivity contribution < 1.29 is 4.74 Å². The largest absolute Gasteiger partial charge is 0.474 e. The van der Waals surface area contributed by atoms with Gasteiger partial charge >= 0.3 is 0 Å². The smallest absolute Gasteiger partial charge is 0.213 e. The highest BCUT2D eigenvalue weighted by molar-refractivity contribution is 14.0. The Hall–Kier alpha value is -1.90. The maximum Gasteiger partial charge on any atom is 0.213 e. The molecule has 2 heterocycles. The van der Waals surface area contributed by atoms with Crippen LogP contribution in [0.5, 0.6) is 5.88 Å². The van der Waals surface area contributed by atoms with Gasteiger partial charge in [-0.1, -0.05) is 13.0 Å². The molecule has 0 radical (unpaired) electrons. The van der Waals surface area contributed by atoms with E-state index in [0.717, 1.165) is 24.3 Å². The van der Waals surface area contributed by atoms with Crippen molar-refractivity contribution in [2.24, 2.45) is 16.6 Å². The fourth-order valence-electron chi connectivity index (χ4n) is 2.92. The molecule has 0 atom stereocenters. The molecule has 3 rings (SSSR count). The highest BCUT2D eigenvalue weighted by Crippen LogP contribution is 2.26.